The Morgan fingerprint density at radius 2 is 1.61 bits per heavy atom. The molecule has 5 heterocycles. The predicted octanol–water partition coefficient (Wildman–Crippen LogP) is 2.92. The molecule has 3 aliphatic rings. The Morgan fingerprint density at radius 1 is 0.919 bits per heavy atom. The number of hydrogen-bond acceptors (Lipinski definition) is 19. The molecule has 3 saturated heterocycles. The Balaban J connectivity index is 1.18. The largest absolute Gasteiger partial charge is 0.494 e. The fraction of sp³-hybridized carbons (Fsp3) is 0.792. The molecule has 21 nitrogen and oxygen atoms in total. The summed E-state index contributed by atoms with van der Waals surface area (Å²) in [6.45, 7) is 19.8. The van der Waals surface area contributed by atoms with Crippen molar-refractivity contribution in [2.45, 2.75) is 205 Å². The van der Waals surface area contributed by atoms with Gasteiger partial charge in [-0.2, -0.15) is 0 Å². The maximum atomic E-state index is 14.6. The van der Waals surface area contributed by atoms with Crippen molar-refractivity contribution in [2.24, 2.45) is 23.7 Å². The summed E-state index contributed by atoms with van der Waals surface area (Å²) >= 11 is 0. The molecule has 0 saturated carbocycles. The molecule has 3 aliphatic heterocycles. The molecular weight excluding hydrogens is 957 g/mol. The SMILES string of the molecule is CC[C@H]1OC(=O)[C@H](C)C([C@H]2C[C@@](C)(OC)[C@@H](O)[C@H](C)O2)[C@H](C)[C@@H](O[C@@H]2O[C@H](C)C[C@H](N(C)CCc3cn(CCCOc4ccc(-n5cc(CO)nn5)cc4)nn3)[C@H]2O)[C@](C)(O)C[C@@H](C)CN(C)[C@H](C)[C@@H](O)[C@]1(C)O. The minimum Gasteiger partial charge on any atom is -0.494 e. The molecule has 3 fully saturated rings. The maximum Gasteiger partial charge on any atom is 0.309 e. The van der Waals surface area contributed by atoms with E-state index in [9.17, 15) is 35.4 Å². The topological polar surface area (TPSA) is 262 Å². The molecule has 3 aromatic rings. The van der Waals surface area contributed by atoms with Crippen molar-refractivity contribution in [3.63, 3.8) is 0 Å². The van der Waals surface area contributed by atoms with Gasteiger partial charge in [-0.1, -0.05) is 38.1 Å². The summed E-state index contributed by atoms with van der Waals surface area (Å²) in [4.78, 5) is 18.6. The fourth-order valence-electron chi connectivity index (χ4n) is 11.8. The molecule has 0 aliphatic carbocycles. The number of aryl methyl sites for hydroxylation is 1. The summed E-state index contributed by atoms with van der Waals surface area (Å²) in [6.07, 6.45) is -2.53. The van der Waals surface area contributed by atoms with Gasteiger partial charge in [-0.05, 0) is 111 Å². The Hall–Kier alpha value is -3.71. The number of nitrogens with zero attached hydrogens (tertiary/aromatic N) is 8. The number of cyclic esters (lactones) is 1. The van der Waals surface area contributed by atoms with Gasteiger partial charge in [-0.15, -0.1) is 10.2 Å². The van der Waals surface area contributed by atoms with Crippen LogP contribution in [-0.4, -0.2) is 201 Å². The molecule has 6 rings (SSSR count). The Bertz CT molecular complexity index is 2210. The van der Waals surface area contributed by atoms with Crippen LogP contribution in [0.4, 0.5) is 0 Å². The fourth-order valence-corrected chi connectivity index (χ4v) is 11.8. The van der Waals surface area contributed by atoms with E-state index in [4.69, 9.17) is 28.4 Å². The Morgan fingerprint density at radius 3 is 2.26 bits per heavy atom. The standard InChI is InChI=1S/C53H88N8O13/c1-14-43-53(10,68)46(64)35(6)59(12)27-31(2)25-51(8,67)48(33(4)44(34(5)49(66)73-43)42-26-52(9,69-13)47(65)36(7)72-42)74-50-45(63)41(24-32(3)71-50)58(11)22-20-37-28-60(56-54-37)21-15-23-70-40-18-16-39(17-19-40)61-29-38(30-62)55-57-61/h16-19,28-29,31-36,41-48,50,62-65,67-68H,14-15,20-27,30H2,1-13H3/t31-,32-,33+,34-,35-,36+,41+,42-,43-,44?,45-,46-,47+,48-,50+,51-,52-,53-/m1/s1. The van der Waals surface area contributed by atoms with Gasteiger partial charge in [0.1, 0.15) is 41.5 Å². The van der Waals surface area contributed by atoms with Gasteiger partial charge in [0.05, 0.1) is 72.3 Å². The van der Waals surface area contributed by atoms with E-state index in [1.54, 1.807) is 43.3 Å². The lowest BCUT2D eigenvalue weighted by molar-refractivity contribution is -0.302. The third-order valence-corrected chi connectivity index (χ3v) is 16.4. The van der Waals surface area contributed by atoms with Crippen LogP contribution in [0.3, 0.4) is 0 Å². The van der Waals surface area contributed by atoms with Crippen LogP contribution in [0.1, 0.15) is 113 Å². The van der Waals surface area contributed by atoms with Gasteiger partial charge in [0.25, 0.3) is 0 Å². The number of esters is 1. The lowest BCUT2D eigenvalue weighted by Gasteiger charge is -2.51. The van der Waals surface area contributed by atoms with Crippen molar-refractivity contribution in [3.05, 3.63) is 48.0 Å². The summed E-state index contributed by atoms with van der Waals surface area (Å²) in [7, 11) is 5.33. The maximum absolute atomic E-state index is 14.6. The highest BCUT2D eigenvalue weighted by Gasteiger charge is 2.55. The minimum atomic E-state index is -1.82. The summed E-state index contributed by atoms with van der Waals surface area (Å²) in [5.41, 5.74) is -2.39. The van der Waals surface area contributed by atoms with Crippen LogP contribution in [0.2, 0.25) is 0 Å². The molecular formula is C53H88N8O13. The third-order valence-electron chi connectivity index (χ3n) is 16.4. The highest BCUT2D eigenvalue weighted by molar-refractivity contribution is 5.73. The Labute approximate surface area is 437 Å². The number of ether oxygens (including phenoxy) is 6. The average molecular weight is 1050 g/mol. The number of carbonyl (C=O) groups excluding carboxylic acids is 1. The molecule has 1 aromatic carbocycles. The Kier molecular flexibility index (Phi) is 20.3. The van der Waals surface area contributed by atoms with Gasteiger partial charge in [0, 0.05) is 70.2 Å². The zero-order valence-electron chi connectivity index (χ0n) is 46.0. The first-order valence-corrected chi connectivity index (χ1v) is 26.6. The zero-order chi connectivity index (χ0) is 54.4. The molecule has 6 N–H and O–H groups in total. The number of methoxy groups -OCH3 is 1. The van der Waals surface area contributed by atoms with E-state index in [0.717, 1.165) is 11.4 Å². The van der Waals surface area contributed by atoms with Crippen LogP contribution in [0.25, 0.3) is 5.69 Å². The number of carbonyl (C=O) groups is 1. The first kappa shape index (κ1) is 59.5. The molecule has 21 heteroatoms. The average Bonchev–Trinajstić information content (AvgIpc) is 4.04. The van der Waals surface area contributed by atoms with Crippen LogP contribution >= 0.6 is 0 Å². The van der Waals surface area contributed by atoms with Crippen LogP contribution in [-0.2, 0) is 48.1 Å². The quantitative estimate of drug-likeness (QED) is 0.0890. The highest BCUT2D eigenvalue weighted by Crippen LogP contribution is 2.45. The monoisotopic (exact) mass is 1040 g/mol. The van der Waals surface area contributed by atoms with Crippen molar-refractivity contribution < 1.29 is 63.9 Å². The molecule has 2 aromatic heterocycles. The second-order valence-electron chi connectivity index (χ2n) is 22.5. The van der Waals surface area contributed by atoms with E-state index in [1.807, 2.05) is 84.1 Å². The van der Waals surface area contributed by atoms with Gasteiger partial charge in [0.15, 0.2) is 6.29 Å². The number of aliphatic hydroxyl groups is 6. The molecule has 0 radical (unpaired) electrons. The van der Waals surface area contributed by atoms with Gasteiger partial charge >= 0.3 is 5.97 Å². The van der Waals surface area contributed by atoms with Crippen molar-refractivity contribution in [1.29, 1.82) is 0 Å². The summed E-state index contributed by atoms with van der Waals surface area (Å²) < 4.78 is 41.6. The summed E-state index contributed by atoms with van der Waals surface area (Å²) in [5.74, 6) is -2.44. The predicted molar refractivity (Wildman–Crippen MR) is 273 cm³/mol. The van der Waals surface area contributed by atoms with Gasteiger partial charge in [-0.25, -0.2) is 4.68 Å². The van der Waals surface area contributed by atoms with Crippen LogP contribution < -0.4 is 4.74 Å². The highest BCUT2D eigenvalue weighted by atomic mass is 16.7. The number of aromatic nitrogens is 6. The smallest absolute Gasteiger partial charge is 0.309 e. The molecule has 18 atom stereocenters. The lowest BCUT2D eigenvalue weighted by Crippen LogP contribution is -2.62. The zero-order valence-corrected chi connectivity index (χ0v) is 46.0. The number of rotatable bonds is 16. The van der Waals surface area contributed by atoms with Crippen LogP contribution in [0.5, 0.6) is 5.75 Å². The third kappa shape index (κ3) is 13.9. The first-order chi connectivity index (χ1) is 34.8. The molecule has 418 valence electrons. The number of benzene rings is 1. The van der Waals surface area contributed by atoms with Gasteiger partial charge < -0.3 is 68.9 Å². The first-order valence-electron chi connectivity index (χ1n) is 26.6. The summed E-state index contributed by atoms with van der Waals surface area (Å²) in [6, 6.07) is 6.49. The van der Waals surface area contributed by atoms with E-state index in [0.29, 0.717) is 56.9 Å². The minimum absolute atomic E-state index is 0.174. The van der Waals surface area contributed by atoms with E-state index in [1.165, 1.54) is 14.0 Å². The lowest BCUT2D eigenvalue weighted by atomic mass is 9.68. The van der Waals surface area contributed by atoms with E-state index >= 15 is 0 Å². The van der Waals surface area contributed by atoms with Crippen molar-refractivity contribution in [2.75, 3.05) is 40.9 Å². The number of aliphatic hydroxyl groups excluding tert-OH is 4. The van der Waals surface area contributed by atoms with Crippen LogP contribution in [0, 0.1) is 23.7 Å². The molecule has 1 unspecified atom stereocenters. The van der Waals surface area contributed by atoms with E-state index in [-0.39, 0.29) is 37.9 Å². The van der Waals surface area contributed by atoms with E-state index < -0.39 is 102 Å². The van der Waals surface area contributed by atoms with Crippen LogP contribution in [0.15, 0.2) is 36.7 Å². The summed E-state index contributed by atoms with van der Waals surface area (Å²) in [5, 5.41) is 86.1. The number of hydrogen-bond donors (Lipinski definition) is 6. The second-order valence-corrected chi connectivity index (χ2v) is 22.5. The van der Waals surface area contributed by atoms with Gasteiger partial charge in [-0.3, -0.25) is 9.48 Å². The van der Waals surface area contributed by atoms with Crippen molar-refractivity contribution in [1.82, 2.24) is 39.8 Å². The molecule has 0 amide bonds. The van der Waals surface area contributed by atoms with Crippen molar-refractivity contribution in [3.8, 4) is 11.4 Å². The molecule has 74 heavy (non-hydrogen) atoms. The van der Waals surface area contributed by atoms with Crippen molar-refractivity contribution >= 4 is 5.97 Å². The van der Waals surface area contributed by atoms with E-state index in [2.05, 4.69) is 25.5 Å². The van der Waals surface area contributed by atoms with Gasteiger partial charge in [0.2, 0.25) is 0 Å². The number of likely N-dealkylation sites (N-methyl/N-ethyl adjacent to an activating group) is 2. The normalized spacial score (nSPS) is 38.3. The molecule has 0 spiro atoms. The molecule has 0 bridgehead atoms. The second kappa shape index (κ2) is 25.2.